The van der Waals surface area contributed by atoms with E-state index in [9.17, 15) is 0 Å². The maximum atomic E-state index is 3.88. The zero-order valence-corrected chi connectivity index (χ0v) is 7.19. The molecule has 0 nitrogen and oxygen atoms in total. The SMILES string of the molecule is C=C([CH2-])[C@@H]1CCC[C@H]1C.[Li+]. The third kappa shape index (κ3) is 2.11. The zero-order chi connectivity index (χ0) is 6.85. The average molecular weight is 130 g/mol. The van der Waals surface area contributed by atoms with E-state index >= 15 is 0 Å². The molecule has 0 radical (unpaired) electrons. The summed E-state index contributed by atoms with van der Waals surface area (Å²) in [5, 5.41) is 0. The van der Waals surface area contributed by atoms with E-state index in [4.69, 9.17) is 0 Å². The molecule has 10 heavy (non-hydrogen) atoms. The van der Waals surface area contributed by atoms with Crippen molar-refractivity contribution in [3.05, 3.63) is 19.1 Å². The van der Waals surface area contributed by atoms with Crippen LogP contribution < -0.4 is 18.9 Å². The molecule has 1 rings (SSSR count). The predicted octanol–water partition coefficient (Wildman–Crippen LogP) is -0.183. The molecule has 0 aromatic heterocycles. The summed E-state index contributed by atoms with van der Waals surface area (Å²) in [6, 6.07) is 0. The minimum absolute atomic E-state index is 0. The molecule has 0 saturated heterocycles. The summed E-state index contributed by atoms with van der Waals surface area (Å²) in [5.41, 5.74) is 1.14. The van der Waals surface area contributed by atoms with Gasteiger partial charge in [0.05, 0.1) is 0 Å². The molecule has 1 aliphatic carbocycles. The number of allylic oxidation sites excluding steroid dienone is 1. The van der Waals surface area contributed by atoms with Crippen LogP contribution >= 0.6 is 0 Å². The van der Waals surface area contributed by atoms with E-state index in [1.807, 2.05) is 0 Å². The molecule has 1 saturated carbocycles. The molecule has 0 aliphatic heterocycles. The Kier molecular flexibility index (Phi) is 4.25. The van der Waals surface area contributed by atoms with Gasteiger partial charge in [0.15, 0.2) is 0 Å². The first kappa shape index (κ1) is 10.2. The first-order chi connectivity index (χ1) is 4.22. The van der Waals surface area contributed by atoms with Crippen LogP contribution in [0.2, 0.25) is 0 Å². The molecule has 0 aromatic rings. The van der Waals surface area contributed by atoms with E-state index in [0.717, 1.165) is 17.4 Å². The third-order valence-corrected chi connectivity index (χ3v) is 2.39. The van der Waals surface area contributed by atoms with Gasteiger partial charge in [-0.25, -0.2) is 19.1 Å². The second-order valence-electron chi connectivity index (χ2n) is 3.17. The largest absolute Gasteiger partial charge is 1.00 e. The van der Waals surface area contributed by atoms with Crippen molar-refractivity contribution in [2.75, 3.05) is 0 Å². The molecule has 0 spiro atoms. The summed E-state index contributed by atoms with van der Waals surface area (Å²) in [6.07, 6.45) is 4.07. The van der Waals surface area contributed by atoms with Crippen LogP contribution in [0.3, 0.4) is 0 Å². The van der Waals surface area contributed by atoms with Crippen molar-refractivity contribution >= 4 is 0 Å². The van der Waals surface area contributed by atoms with Gasteiger partial charge in [-0.2, -0.15) is 0 Å². The Morgan fingerprint density at radius 3 is 2.30 bits per heavy atom. The van der Waals surface area contributed by atoms with Crippen LogP contribution in [0.15, 0.2) is 12.2 Å². The van der Waals surface area contributed by atoms with Gasteiger partial charge >= 0.3 is 18.9 Å². The Hall–Kier alpha value is 0.207. The topological polar surface area (TPSA) is 0 Å². The maximum absolute atomic E-state index is 3.88. The Balaban J connectivity index is 0.000000810. The third-order valence-electron chi connectivity index (χ3n) is 2.39. The molecule has 0 N–H and O–H groups in total. The molecule has 1 heteroatoms. The fraction of sp³-hybridized carbons (Fsp3) is 0.667. The van der Waals surface area contributed by atoms with E-state index in [0.29, 0.717) is 0 Å². The molecule has 0 aromatic carbocycles. The quantitative estimate of drug-likeness (QED) is 0.341. The summed E-state index contributed by atoms with van der Waals surface area (Å²) in [4.78, 5) is 0. The predicted molar refractivity (Wildman–Crippen MR) is 41.0 cm³/mol. The molecule has 0 heterocycles. The van der Waals surface area contributed by atoms with Gasteiger partial charge in [0.1, 0.15) is 0 Å². The van der Waals surface area contributed by atoms with E-state index in [1.54, 1.807) is 0 Å². The minimum Gasteiger partial charge on any atom is -0.242 e. The molecule has 0 amide bonds. The molecular formula is C9H15Li. The van der Waals surface area contributed by atoms with Crippen LogP contribution in [0.25, 0.3) is 0 Å². The molecular weight excluding hydrogens is 115 g/mol. The van der Waals surface area contributed by atoms with Gasteiger partial charge in [-0.1, -0.05) is 19.8 Å². The minimum atomic E-state index is 0. The summed E-state index contributed by atoms with van der Waals surface area (Å²) in [5.74, 6) is 1.57. The summed E-state index contributed by atoms with van der Waals surface area (Å²) >= 11 is 0. The van der Waals surface area contributed by atoms with Gasteiger partial charge in [-0.15, -0.1) is 0 Å². The number of hydrogen-bond acceptors (Lipinski definition) is 0. The number of hydrogen-bond donors (Lipinski definition) is 0. The van der Waals surface area contributed by atoms with Crippen LogP contribution in [0, 0.1) is 18.8 Å². The molecule has 1 aliphatic rings. The van der Waals surface area contributed by atoms with Crippen LogP contribution in [0.5, 0.6) is 0 Å². The van der Waals surface area contributed by atoms with E-state index in [2.05, 4.69) is 20.4 Å². The van der Waals surface area contributed by atoms with Gasteiger partial charge in [0.25, 0.3) is 0 Å². The zero-order valence-electron chi connectivity index (χ0n) is 7.19. The fourth-order valence-corrected chi connectivity index (χ4v) is 1.75. The van der Waals surface area contributed by atoms with E-state index in [-0.39, 0.29) is 18.9 Å². The summed E-state index contributed by atoms with van der Waals surface area (Å²) < 4.78 is 0. The Morgan fingerprint density at radius 1 is 1.50 bits per heavy atom. The van der Waals surface area contributed by atoms with Crippen molar-refractivity contribution in [3.63, 3.8) is 0 Å². The normalized spacial score (nSPS) is 31.3. The molecule has 0 unspecified atom stereocenters. The summed E-state index contributed by atoms with van der Waals surface area (Å²) in [7, 11) is 0. The average Bonchev–Trinajstić information content (AvgIpc) is 2.13. The van der Waals surface area contributed by atoms with Crippen LogP contribution in [0.1, 0.15) is 26.2 Å². The second kappa shape index (κ2) is 4.16. The van der Waals surface area contributed by atoms with Gasteiger partial charge in [-0.05, 0) is 18.3 Å². The molecule has 1 fully saturated rings. The summed E-state index contributed by atoms with van der Waals surface area (Å²) in [6.45, 7) is 10.1. The van der Waals surface area contributed by atoms with Crippen molar-refractivity contribution in [1.29, 1.82) is 0 Å². The molecule has 52 valence electrons. The molecule has 0 bridgehead atoms. The van der Waals surface area contributed by atoms with Crippen LogP contribution in [-0.4, -0.2) is 0 Å². The van der Waals surface area contributed by atoms with Crippen molar-refractivity contribution in [2.45, 2.75) is 26.2 Å². The standard InChI is InChI=1S/C9H15.Li/c1-7(2)9-6-4-5-8(9)3;/h8-9H,1-2,4-6H2,3H3;/q-1;+1/t8-,9+;/m1./s1. The monoisotopic (exact) mass is 130 g/mol. The second-order valence-corrected chi connectivity index (χ2v) is 3.17. The van der Waals surface area contributed by atoms with E-state index in [1.165, 1.54) is 19.3 Å². The van der Waals surface area contributed by atoms with Gasteiger partial charge < -0.3 is 0 Å². The van der Waals surface area contributed by atoms with Crippen molar-refractivity contribution in [3.8, 4) is 0 Å². The first-order valence-electron chi connectivity index (χ1n) is 3.72. The Labute approximate surface area is 76.3 Å². The Morgan fingerprint density at radius 2 is 2.10 bits per heavy atom. The smallest absolute Gasteiger partial charge is 0.242 e. The van der Waals surface area contributed by atoms with Gasteiger partial charge in [-0.3, -0.25) is 0 Å². The van der Waals surface area contributed by atoms with Gasteiger partial charge in [0, 0.05) is 0 Å². The van der Waals surface area contributed by atoms with Crippen LogP contribution in [0.4, 0.5) is 0 Å². The first-order valence-corrected chi connectivity index (χ1v) is 3.72. The van der Waals surface area contributed by atoms with Crippen molar-refractivity contribution < 1.29 is 18.9 Å². The van der Waals surface area contributed by atoms with Crippen LogP contribution in [-0.2, 0) is 0 Å². The Bertz CT molecular complexity index is 118. The van der Waals surface area contributed by atoms with Gasteiger partial charge in [0.2, 0.25) is 0 Å². The maximum Gasteiger partial charge on any atom is 1.00 e. The van der Waals surface area contributed by atoms with E-state index < -0.39 is 0 Å². The molecule has 2 atom stereocenters. The number of rotatable bonds is 1. The van der Waals surface area contributed by atoms with Crippen molar-refractivity contribution in [1.82, 2.24) is 0 Å². The fourth-order valence-electron chi connectivity index (χ4n) is 1.75. The van der Waals surface area contributed by atoms with Crippen molar-refractivity contribution in [2.24, 2.45) is 11.8 Å².